The van der Waals surface area contributed by atoms with Gasteiger partial charge in [-0.05, 0) is 24.3 Å². The van der Waals surface area contributed by atoms with Crippen LogP contribution in [0.15, 0.2) is 60.8 Å². The maximum absolute atomic E-state index is 12.0. The van der Waals surface area contributed by atoms with E-state index in [0.717, 1.165) is 22.5 Å². The van der Waals surface area contributed by atoms with Crippen molar-refractivity contribution in [3.05, 3.63) is 71.4 Å². The van der Waals surface area contributed by atoms with Crippen molar-refractivity contribution < 1.29 is 4.79 Å². The number of halogens is 1. The van der Waals surface area contributed by atoms with Gasteiger partial charge in [0.2, 0.25) is 5.91 Å². The minimum Gasteiger partial charge on any atom is -0.341 e. The third kappa shape index (κ3) is 3.91. The van der Waals surface area contributed by atoms with Crippen molar-refractivity contribution in [2.45, 2.75) is 19.9 Å². The predicted molar refractivity (Wildman–Crippen MR) is 101 cm³/mol. The summed E-state index contributed by atoms with van der Waals surface area (Å²) in [6.07, 6.45) is 2.47. The van der Waals surface area contributed by atoms with Gasteiger partial charge in [0.15, 0.2) is 0 Å². The van der Waals surface area contributed by atoms with Gasteiger partial charge in [-0.1, -0.05) is 48.9 Å². The fourth-order valence-corrected chi connectivity index (χ4v) is 2.83. The van der Waals surface area contributed by atoms with E-state index in [1.165, 1.54) is 0 Å². The van der Waals surface area contributed by atoms with E-state index in [1.807, 2.05) is 79.4 Å². The second-order valence-electron chi connectivity index (χ2n) is 5.89. The van der Waals surface area contributed by atoms with E-state index >= 15 is 0 Å². The summed E-state index contributed by atoms with van der Waals surface area (Å²) in [5.41, 5.74) is 3.81. The topological polar surface area (TPSA) is 38.1 Å². The zero-order chi connectivity index (χ0) is 17.8. The first-order chi connectivity index (χ1) is 12.1. The van der Waals surface area contributed by atoms with Crippen molar-refractivity contribution in [3.8, 4) is 16.9 Å². The van der Waals surface area contributed by atoms with Crippen molar-refractivity contribution in [2.24, 2.45) is 0 Å². The summed E-state index contributed by atoms with van der Waals surface area (Å²) >= 11 is 6.01. The van der Waals surface area contributed by atoms with Crippen LogP contribution in [-0.2, 0) is 11.3 Å². The standard InChI is InChI=1S/C20H20ClN3O/c1-3-19(25)23(2)13-16-14-24(18-7-5-4-6-8-18)22-20(16)15-9-11-17(21)12-10-15/h4-12,14H,3,13H2,1-2H3. The molecule has 0 unspecified atom stereocenters. The number of hydrogen-bond donors (Lipinski definition) is 0. The van der Waals surface area contributed by atoms with Crippen LogP contribution in [0.25, 0.3) is 16.9 Å². The number of rotatable bonds is 5. The number of carbonyl (C=O) groups is 1. The first kappa shape index (κ1) is 17.2. The molecule has 0 spiro atoms. The summed E-state index contributed by atoms with van der Waals surface area (Å²) in [6, 6.07) is 17.5. The molecule has 0 bridgehead atoms. The summed E-state index contributed by atoms with van der Waals surface area (Å²) in [4.78, 5) is 13.7. The molecule has 128 valence electrons. The molecule has 0 radical (unpaired) electrons. The molecular weight excluding hydrogens is 334 g/mol. The number of amides is 1. The van der Waals surface area contributed by atoms with Gasteiger partial charge in [-0.3, -0.25) is 4.79 Å². The van der Waals surface area contributed by atoms with Crippen LogP contribution in [0, 0.1) is 0 Å². The van der Waals surface area contributed by atoms with E-state index in [4.69, 9.17) is 16.7 Å². The molecule has 0 fully saturated rings. The molecule has 0 N–H and O–H groups in total. The van der Waals surface area contributed by atoms with E-state index in [1.54, 1.807) is 4.90 Å². The lowest BCUT2D eigenvalue weighted by Crippen LogP contribution is -2.25. The Hall–Kier alpha value is -2.59. The molecule has 25 heavy (non-hydrogen) atoms. The van der Waals surface area contributed by atoms with Crippen LogP contribution in [0.2, 0.25) is 5.02 Å². The summed E-state index contributed by atoms with van der Waals surface area (Å²) in [5.74, 6) is 0.106. The van der Waals surface area contributed by atoms with Crippen LogP contribution in [-0.4, -0.2) is 27.6 Å². The van der Waals surface area contributed by atoms with Crippen LogP contribution >= 0.6 is 11.6 Å². The zero-order valence-electron chi connectivity index (χ0n) is 14.3. The summed E-state index contributed by atoms with van der Waals surface area (Å²) < 4.78 is 1.85. The lowest BCUT2D eigenvalue weighted by Gasteiger charge is -2.16. The second kappa shape index (κ2) is 7.53. The van der Waals surface area contributed by atoms with Gasteiger partial charge in [0, 0.05) is 42.4 Å². The number of nitrogens with zero attached hydrogens (tertiary/aromatic N) is 3. The van der Waals surface area contributed by atoms with Gasteiger partial charge in [-0.15, -0.1) is 0 Å². The molecule has 1 amide bonds. The quantitative estimate of drug-likeness (QED) is 0.674. The van der Waals surface area contributed by atoms with Gasteiger partial charge < -0.3 is 4.90 Å². The predicted octanol–water partition coefficient (Wildman–Crippen LogP) is 4.56. The fraction of sp³-hybridized carbons (Fsp3) is 0.200. The summed E-state index contributed by atoms with van der Waals surface area (Å²) in [7, 11) is 1.82. The van der Waals surface area contributed by atoms with Crippen LogP contribution in [0.1, 0.15) is 18.9 Å². The van der Waals surface area contributed by atoms with E-state index in [0.29, 0.717) is 18.0 Å². The van der Waals surface area contributed by atoms with E-state index in [2.05, 4.69) is 0 Å². The van der Waals surface area contributed by atoms with E-state index in [-0.39, 0.29) is 5.91 Å². The molecule has 3 rings (SSSR count). The van der Waals surface area contributed by atoms with Gasteiger partial charge in [0.25, 0.3) is 0 Å². The Morgan fingerprint density at radius 3 is 2.44 bits per heavy atom. The molecule has 1 heterocycles. The molecule has 0 aliphatic heterocycles. The van der Waals surface area contributed by atoms with Crippen molar-refractivity contribution in [1.82, 2.24) is 14.7 Å². The van der Waals surface area contributed by atoms with E-state index in [9.17, 15) is 4.79 Å². The van der Waals surface area contributed by atoms with Gasteiger partial charge in [0.1, 0.15) is 0 Å². The molecule has 0 aliphatic rings. The van der Waals surface area contributed by atoms with Crippen molar-refractivity contribution in [3.63, 3.8) is 0 Å². The lowest BCUT2D eigenvalue weighted by atomic mass is 10.1. The highest BCUT2D eigenvalue weighted by atomic mass is 35.5. The Bertz CT molecular complexity index is 856. The van der Waals surface area contributed by atoms with Crippen molar-refractivity contribution in [2.75, 3.05) is 7.05 Å². The third-order valence-corrected chi connectivity index (χ3v) is 4.32. The smallest absolute Gasteiger partial charge is 0.222 e. The van der Waals surface area contributed by atoms with Gasteiger partial charge in [0.05, 0.1) is 11.4 Å². The Morgan fingerprint density at radius 2 is 1.80 bits per heavy atom. The van der Waals surface area contributed by atoms with Crippen LogP contribution < -0.4 is 0 Å². The number of carbonyl (C=O) groups excluding carboxylic acids is 1. The van der Waals surface area contributed by atoms with Gasteiger partial charge in [-0.25, -0.2) is 4.68 Å². The number of para-hydroxylation sites is 1. The van der Waals surface area contributed by atoms with Gasteiger partial charge >= 0.3 is 0 Å². The van der Waals surface area contributed by atoms with Crippen LogP contribution in [0.3, 0.4) is 0 Å². The minimum absolute atomic E-state index is 0.106. The fourth-order valence-electron chi connectivity index (χ4n) is 2.70. The van der Waals surface area contributed by atoms with Gasteiger partial charge in [-0.2, -0.15) is 5.10 Å². The third-order valence-electron chi connectivity index (χ3n) is 4.06. The molecule has 0 atom stereocenters. The van der Waals surface area contributed by atoms with E-state index < -0.39 is 0 Å². The molecule has 0 saturated carbocycles. The molecule has 4 nitrogen and oxygen atoms in total. The largest absolute Gasteiger partial charge is 0.341 e. The zero-order valence-corrected chi connectivity index (χ0v) is 15.1. The molecule has 2 aromatic carbocycles. The van der Waals surface area contributed by atoms with Crippen LogP contribution in [0.5, 0.6) is 0 Å². The second-order valence-corrected chi connectivity index (χ2v) is 6.33. The Labute approximate surface area is 152 Å². The average molecular weight is 354 g/mol. The molecule has 0 saturated heterocycles. The normalized spacial score (nSPS) is 10.7. The summed E-state index contributed by atoms with van der Waals surface area (Å²) in [6.45, 7) is 2.38. The highest BCUT2D eigenvalue weighted by Crippen LogP contribution is 2.26. The lowest BCUT2D eigenvalue weighted by molar-refractivity contribution is -0.130. The average Bonchev–Trinajstić information content (AvgIpc) is 3.06. The first-order valence-corrected chi connectivity index (χ1v) is 8.60. The highest BCUT2D eigenvalue weighted by molar-refractivity contribution is 6.30. The Balaban J connectivity index is 2.03. The molecule has 3 aromatic rings. The number of hydrogen-bond acceptors (Lipinski definition) is 2. The Kier molecular flexibility index (Phi) is 5.19. The molecule has 0 aliphatic carbocycles. The van der Waals surface area contributed by atoms with Crippen molar-refractivity contribution in [1.29, 1.82) is 0 Å². The Morgan fingerprint density at radius 1 is 1.12 bits per heavy atom. The first-order valence-electron chi connectivity index (χ1n) is 8.22. The maximum atomic E-state index is 12.0. The van der Waals surface area contributed by atoms with Crippen LogP contribution in [0.4, 0.5) is 0 Å². The summed E-state index contributed by atoms with van der Waals surface area (Å²) in [5, 5.41) is 5.44. The molecule has 5 heteroatoms. The highest BCUT2D eigenvalue weighted by Gasteiger charge is 2.16. The molecular formula is C20H20ClN3O. The number of benzene rings is 2. The SMILES string of the molecule is CCC(=O)N(C)Cc1cn(-c2ccccc2)nc1-c1ccc(Cl)cc1. The maximum Gasteiger partial charge on any atom is 0.222 e. The minimum atomic E-state index is 0.106. The monoisotopic (exact) mass is 353 g/mol. The molecule has 1 aromatic heterocycles. The van der Waals surface area contributed by atoms with Crippen molar-refractivity contribution >= 4 is 17.5 Å². The number of aromatic nitrogens is 2.